The fraction of sp³-hybridized carbons (Fsp3) is 0.312. The Bertz CT molecular complexity index is 631. The van der Waals surface area contributed by atoms with Gasteiger partial charge in [-0.2, -0.15) is 0 Å². The normalized spacial score (nSPS) is 22.6. The van der Waals surface area contributed by atoms with Crippen molar-refractivity contribution in [3.63, 3.8) is 0 Å². The van der Waals surface area contributed by atoms with E-state index in [1.807, 2.05) is 18.2 Å². The van der Waals surface area contributed by atoms with Gasteiger partial charge in [-0.15, -0.1) is 0 Å². The summed E-state index contributed by atoms with van der Waals surface area (Å²) in [6.07, 6.45) is 4.63. The van der Waals surface area contributed by atoms with E-state index in [9.17, 15) is 5.11 Å². The molecule has 3 N–H and O–H groups in total. The number of aliphatic hydroxyl groups is 1. The van der Waals surface area contributed by atoms with Crippen LogP contribution in [0.5, 0.6) is 0 Å². The first-order valence-electron chi connectivity index (χ1n) is 6.74. The lowest BCUT2D eigenvalue weighted by Crippen LogP contribution is -2.39. The molecule has 1 aliphatic carbocycles. The maximum absolute atomic E-state index is 10.9. The van der Waals surface area contributed by atoms with E-state index in [4.69, 9.17) is 5.73 Å². The minimum Gasteiger partial charge on any atom is -0.387 e. The molecule has 1 aromatic heterocycles. The number of nitrogens with zero attached hydrogens (tertiary/aromatic N) is 1. The van der Waals surface area contributed by atoms with Crippen molar-refractivity contribution >= 4 is 15.9 Å². The smallest absolute Gasteiger partial charge is 0.0914 e. The number of halogens is 1. The van der Waals surface area contributed by atoms with E-state index >= 15 is 0 Å². The van der Waals surface area contributed by atoms with Crippen LogP contribution in [0.25, 0.3) is 0 Å². The second-order valence-corrected chi connectivity index (χ2v) is 6.27. The second-order valence-electron chi connectivity index (χ2n) is 5.36. The molecule has 0 fully saturated rings. The van der Waals surface area contributed by atoms with Crippen LogP contribution in [0.3, 0.4) is 0 Å². The molecule has 3 nitrogen and oxygen atoms in total. The lowest BCUT2D eigenvalue weighted by atomic mass is 9.74. The van der Waals surface area contributed by atoms with E-state index in [0.717, 1.165) is 22.9 Å². The molecule has 0 aliphatic heterocycles. The Kier molecular flexibility index (Phi) is 3.63. The summed E-state index contributed by atoms with van der Waals surface area (Å²) in [6, 6.07) is 10.2. The molecule has 1 heterocycles. The molecule has 1 aromatic carbocycles. The predicted octanol–water partition coefficient (Wildman–Crippen LogP) is 2.72. The first-order chi connectivity index (χ1) is 9.67. The molecule has 104 valence electrons. The van der Waals surface area contributed by atoms with Crippen LogP contribution in [0, 0.1) is 0 Å². The SMILES string of the molecule is NCC1(C(O)c2cncc(Br)c2)CCc2ccccc21. The second kappa shape index (κ2) is 5.28. The zero-order chi connectivity index (χ0) is 14.2. The Hall–Kier alpha value is -1.23. The minimum atomic E-state index is -0.638. The number of nitrogens with two attached hydrogens (primary N) is 1. The monoisotopic (exact) mass is 332 g/mol. The lowest BCUT2D eigenvalue weighted by Gasteiger charge is -2.34. The van der Waals surface area contributed by atoms with E-state index < -0.39 is 11.5 Å². The number of rotatable bonds is 3. The molecule has 0 saturated heterocycles. The quantitative estimate of drug-likeness (QED) is 0.908. The van der Waals surface area contributed by atoms with Crippen molar-refractivity contribution in [2.24, 2.45) is 5.73 Å². The van der Waals surface area contributed by atoms with E-state index in [0.29, 0.717) is 6.54 Å². The van der Waals surface area contributed by atoms with Crippen molar-refractivity contribution in [1.29, 1.82) is 0 Å². The summed E-state index contributed by atoms with van der Waals surface area (Å²) in [5.74, 6) is 0. The largest absolute Gasteiger partial charge is 0.387 e. The molecule has 2 atom stereocenters. The van der Waals surface area contributed by atoms with Crippen LogP contribution in [-0.2, 0) is 11.8 Å². The van der Waals surface area contributed by atoms with Gasteiger partial charge in [0.15, 0.2) is 0 Å². The van der Waals surface area contributed by atoms with Gasteiger partial charge in [0.2, 0.25) is 0 Å². The number of hydrogen-bond donors (Lipinski definition) is 2. The van der Waals surface area contributed by atoms with Crippen molar-refractivity contribution in [2.45, 2.75) is 24.4 Å². The van der Waals surface area contributed by atoms with Crippen LogP contribution in [0.1, 0.15) is 29.2 Å². The van der Waals surface area contributed by atoms with Gasteiger partial charge in [0.25, 0.3) is 0 Å². The highest BCUT2D eigenvalue weighted by atomic mass is 79.9. The van der Waals surface area contributed by atoms with Gasteiger partial charge in [-0.1, -0.05) is 24.3 Å². The van der Waals surface area contributed by atoms with Gasteiger partial charge >= 0.3 is 0 Å². The third-order valence-electron chi connectivity index (χ3n) is 4.32. The van der Waals surface area contributed by atoms with Gasteiger partial charge in [0.05, 0.1) is 6.10 Å². The molecule has 0 spiro atoms. The average molecular weight is 333 g/mol. The highest BCUT2D eigenvalue weighted by molar-refractivity contribution is 9.10. The molecule has 3 rings (SSSR count). The summed E-state index contributed by atoms with van der Waals surface area (Å²) in [4.78, 5) is 4.15. The molecular weight excluding hydrogens is 316 g/mol. The lowest BCUT2D eigenvalue weighted by molar-refractivity contribution is 0.0837. The van der Waals surface area contributed by atoms with Gasteiger partial charge in [0.1, 0.15) is 0 Å². The molecule has 0 radical (unpaired) electrons. The fourth-order valence-corrected chi connectivity index (χ4v) is 3.60. The summed E-state index contributed by atoms with van der Waals surface area (Å²) < 4.78 is 0.868. The maximum Gasteiger partial charge on any atom is 0.0914 e. The van der Waals surface area contributed by atoms with Gasteiger partial charge in [-0.05, 0) is 46.0 Å². The molecule has 20 heavy (non-hydrogen) atoms. The number of aryl methyl sites for hydroxylation is 1. The molecule has 1 aliphatic rings. The fourth-order valence-electron chi connectivity index (χ4n) is 3.22. The van der Waals surface area contributed by atoms with E-state index in [1.54, 1.807) is 12.4 Å². The standard InChI is InChI=1S/C16H17BrN2O/c17-13-7-12(8-19-9-13)15(20)16(10-18)6-5-11-3-1-2-4-14(11)16/h1-4,7-9,15,20H,5-6,10,18H2. The van der Waals surface area contributed by atoms with Crippen molar-refractivity contribution < 1.29 is 5.11 Å². The summed E-state index contributed by atoms with van der Waals surface area (Å²) in [6.45, 7) is 0.428. The zero-order valence-electron chi connectivity index (χ0n) is 11.1. The van der Waals surface area contributed by atoms with E-state index in [2.05, 4.69) is 33.0 Å². The molecular formula is C16H17BrN2O. The van der Waals surface area contributed by atoms with Crippen LogP contribution in [-0.4, -0.2) is 16.6 Å². The number of aromatic nitrogens is 1. The number of pyridine rings is 1. The summed E-state index contributed by atoms with van der Waals surface area (Å²) in [5, 5.41) is 10.9. The Morgan fingerprint density at radius 3 is 2.90 bits per heavy atom. The van der Waals surface area contributed by atoms with E-state index in [1.165, 1.54) is 11.1 Å². The van der Waals surface area contributed by atoms with Crippen molar-refractivity contribution in [1.82, 2.24) is 4.98 Å². The van der Waals surface area contributed by atoms with Crippen LogP contribution in [0.4, 0.5) is 0 Å². The third kappa shape index (κ3) is 2.08. The Morgan fingerprint density at radius 2 is 2.15 bits per heavy atom. The number of benzene rings is 1. The van der Waals surface area contributed by atoms with Crippen molar-refractivity contribution in [2.75, 3.05) is 6.54 Å². The molecule has 2 unspecified atom stereocenters. The first-order valence-corrected chi connectivity index (χ1v) is 7.53. The predicted molar refractivity (Wildman–Crippen MR) is 82.4 cm³/mol. The van der Waals surface area contributed by atoms with Crippen LogP contribution in [0.2, 0.25) is 0 Å². The first kappa shape index (κ1) is 13.7. The summed E-state index contributed by atoms with van der Waals surface area (Å²) >= 11 is 3.41. The van der Waals surface area contributed by atoms with Gasteiger partial charge in [-0.3, -0.25) is 4.98 Å². The van der Waals surface area contributed by atoms with Crippen molar-refractivity contribution in [3.8, 4) is 0 Å². The topological polar surface area (TPSA) is 59.1 Å². The van der Waals surface area contributed by atoms with Crippen LogP contribution in [0.15, 0.2) is 47.2 Å². The zero-order valence-corrected chi connectivity index (χ0v) is 12.7. The highest BCUT2D eigenvalue weighted by Gasteiger charge is 2.44. The maximum atomic E-state index is 10.9. The minimum absolute atomic E-state index is 0.404. The highest BCUT2D eigenvalue weighted by Crippen LogP contribution is 2.46. The van der Waals surface area contributed by atoms with Crippen LogP contribution < -0.4 is 5.73 Å². The Morgan fingerprint density at radius 1 is 1.35 bits per heavy atom. The van der Waals surface area contributed by atoms with Crippen molar-refractivity contribution in [3.05, 3.63) is 63.9 Å². The number of fused-ring (bicyclic) bond motifs is 1. The van der Waals surface area contributed by atoms with Gasteiger partial charge in [0, 0.05) is 34.4 Å². The average Bonchev–Trinajstić information content (AvgIpc) is 2.86. The summed E-state index contributed by atoms with van der Waals surface area (Å²) in [5.41, 5.74) is 8.94. The molecule has 4 heteroatoms. The molecule has 0 saturated carbocycles. The molecule has 0 bridgehead atoms. The van der Waals surface area contributed by atoms with Gasteiger partial charge in [-0.25, -0.2) is 0 Å². The number of aliphatic hydroxyl groups excluding tert-OH is 1. The molecule has 2 aromatic rings. The molecule has 0 amide bonds. The third-order valence-corrected chi connectivity index (χ3v) is 4.76. The van der Waals surface area contributed by atoms with Crippen LogP contribution >= 0.6 is 15.9 Å². The summed E-state index contributed by atoms with van der Waals surface area (Å²) in [7, 11) is 0. The number of hydrogen-bond acceptors (Lipinski definition) is 3. The Balaban J connectivity index is 2.07. The van der Waals surface area contributed by atoms with E-state index in [-0.39, 0.29) is 0 Å². The Labute approximate surface area is 127 Å². The van der Waals surface area contributed by atoms with Gasteiger partial charge < -0.3 is 10.8 Å².